The Balaban J connectivity index is 2.40. The maximum absolute atomic E-state index is 11.4. The van der Waals surface area contributed by atoms with E-state index >= 15 is 0 Å². The lowest BCUT2D eigenvalue weighted by molar-refractivity contribution is -0.130. The minimum atomic E-state index is 0.260. The summed E-state index contributed by atoms with van der Waals surface area (Å²) >= 11 is 3.27. The monoisotopic (exact) mass is 231 g/mol. The summed E-state index contributed by atoms with van der Waals surface area (Å²) in [5.74, 6) is 0.260. The fraction of sp³-hybridized carbons (Fsp3) is 0.667. The first kappa shape index (κ1) is 9.78. The average Bonchev–Trinajstić information content (AvgIpc) is 2.06. The lowest BCUT2D eigenvalue weighted by Crippen LogP contribution is -2.34. The molecule has 0 saturated heterocycles. The average molecular weight is 232 g/mol. The SMILES string of the molecule is CC1=CCN(C(=O)CCBr)CC1. The highest BCUT2D eigenvalue weighted by atomic mass is 79.9. The van der Waals surface area contributed by atoms with Gasteiger partial charge in [0.15, 0.2) is 0 Å². The second-order valence-corrected chi connectivity index (χ2v) is 3.87. The Labute approximate surface area is 81.8 Å². The van der Waals surface area contributed by atoms with Crippen molar-refractivity contribution in [1.29, 1.82) is 0 Å². The Bertz CT molecular complexity index is 201. The molecule has 3 heteroatoms. The summed E-state index contributed by atoms with van der Waals surface area (Å²) in [6, 6.07) is 0. The molecule has 0 bridgehead atoms. The van der Waals surface area contributed by atoms with E-state index in [-0.39, 0.29) is 5.91 Å². The van der Waals surface area contributed by atoms with Crippen LogP contribution in [0.3, 0.4) is 0 Å². The molecule has 0 aromatic heterocycles. The molecule has 0 aromatic carbocycles. The summed E-state index contributed by atoms with van der Waals surface area (Å²) in [4.78, 5) is 13.3. The number of halogens is 1. The fourth-order valence-corrected chi connectivity index (χ4v) is 1.58. The lowest BCUT2D eigenvalue weighted by Gasteiger charge is -2.25. The first-order valence-corrected chi connectivity index (χ1v) is 5.35. The molecule has 12 heavy (non-hydrogen) atoms. The van der Waals surface area contributed by atoms with E-state index in [9.17, 15) is 4.79 Å². The minimum absolute atomic E-state index is 0.260. The van der Waals surface area contributed by atoms with Crippen LogP contribution in [0.15, 0.2) is 11.6 Å². The van der Waals surface area contributed by atoms with Crippen molar-refractivity contribution in [3.8, 4) is 0 Å². The molecule has 1 amide bonds. The van der Waals surface area contributed by atoms with Gasteiger partial charge in [0.2, 0.25) is 5.91 Å². The van der Waals surface area contributed by atoms with Gasteiger partial charge in [0.05, 0.1) is 0 Å². The molecular formula is C9H14BrNO. The molecule has 0 N–H and O–H groups in total. The van der Waals surface area contributed by atoms with Crippen molar-refractivity contribution in [2.45, 2.75) is 19.8 Å². The number of hydrogen-bond acceptors (Lipinski definition) is 1. The molecule has 68 valence electrons. The van der Waals surface area contributed by atoms with Gasteiger partial charge in [0.25, 0.3) is 0 Å². The van der Waals surface area contributed by atoms with Gasteiger partial charge < -0.3 is 4.90 Å². The number of carbonyl (C=O) groups is 1. The second kappa shape index (κ2) is 4.65. The highest BCUT2D eigenvalue weighted by Crippen LogP contribution is 2.10. The number of rotatable bonds is 2. The summed E-state index contributed by atoms with van der Waals surface area (Å²) in [7, 11) is 0. The van der Waals surface area contributed by atoms with Crippen LogP contribution in [-0.2, 0) is 4.79 Å². The van der Waals surface area contributed by atoms with Gasteiger partial charge >= 0.3 is 0 Å². The quantitative estimate of drug-likeness (QED) is 0.526. The van der Waals surface area contributed by atoms with Crippen LogP contribution in [0.5, 0.6) is 0 Å². The van der Waals surface area contributed by atoms with E-state index in [1.165, 1.54) is 5.57 Å². The number of nitrogens with zero attached hydrogens (tertiary/aromatic N) is 1. The molecule has 0 saturated carbocycles. The Morgan fingerprint density at radius 1 is 1.75 bits per heavy atom. The second-order valence-electron chi connectivity index (χ2n) is 3.08. The van der Waals surface area contributed by atoms with Crippen molar-refractivity contribution < 1.29 is 4.79 Å². The van der Waals surface area contributed by atoms with E-state index in [2.05, 4.69) is 28.9 Å². The molecule has 0 fully saturated rings. The molecule has 0 atom stereocenters. The topological polar surface area (TPSA) is 20.3 Å². The first-order valence-electron chi connectivity index (χ1n) is 4.23. The molecule has 1 aliphatic rings. The molecule has 0 spiro atoms. The van der Waals surface area contributed by atoms with Gasteiger partial charge in [0.1, 0.15) is 0 Å². The van der Waals surface area contributed by atoms with Crippen LogP contribution in [0.1, 0.15) is 19.8 Å². The van der Waals surface area contributed by atoms with Crippen LogP contribution in [0.2, 0.25) is 0 Å². The summed E-state index contributed by atoms with van der Waals surface area (Å²) in [6.07, 6.45) is 3.79. The summed E-state index contributed by atoms with van der Waals surface area (Å²) in [5.41, 5.74) is 1.40. The normalized spacial score (nSPS) is 17.5. The van der Waals surface area contributed by atoms with Gasteiger partial charge in [-0.2, -0.15) is 0 Å². The number of hydrogen-bond donors (Lipinski definition) is 0. The summed E-state index contributed by atoms with van der Waals surface area (Å²) in [5, 5.41) is 0.769. The van der Waals surface area contributed by atoms with E-state index in [0.29, 0.717) is 6.42 Å². The van der Waals surface area contributed by atoms with Crippen molar-refractivity contribution in [3.63, 3.8) is 0 Å². The van der Waals surface area contributed by atoms with E-state index in [0.717, 1.165) is 24.8 Å². The fourth-order valence-electron chi connectivity index (χ4n) is 1.24. The predicted octanol–water partition coefficient (Wildman–Crippen LogP) is 1.95. The van der Waals surface area contributed by atoms with Crippen molar-refractivity contribution in [3.05, 3.63) is 11.6 Å². The Hall–Kier alpha value is -0.310. The van der Waals surface area contributed by atoms with Gasteiger partial charge in [-0.05, 0) is 13.3 Å². The van der Waals surface area contributed by atoms with Crippen LogP contribution in [0.25, 0.3) is 0 Å². The summed E-state index contributed by atoms with van der Waals surface area (Å²) < 4.78 is 0. The first-order chi connectivity index (χ1) is 5.74. The van der Waals surface area contributed by atoms with Crippen molar-refractivity contribution >= 4 is 21.8 Å². The van der Waals surface area contributed by atoms with Gasteiger partial charge in [-0.25, -0.2) is 0 Å². The molecular weight excluding hydrogens is 218 g/mol. The highest BCUT2D eigenvalue weighted by molar-refractivity contribution is 9.09. The molecule has 0 radical (unpaired) electrons. The standard InChI is InChI=1S/C9H14BrNO/c1-8-3-6-11(7-4-8)9(12)2-5-10/h3H,2,4-7H2,1H3. The van der Waals surface area contributed by atoms with Gasteiger partial charge in [0, 0.05) is 24.8 Å². The molecule has 1 aliphatic heterocycles. The maximum atomic E-state index is 11.4. The molecule has 0 aromatic rings. The minimum Gasteiger partial charge on any atom is -0.339 e. The van der Waals surface area contributed by atoms with Crippen LogP contribution in [-0.4, -0.2) is 29.2 Å². The number of amides is 1. The molecule has 0 aliphatic carbocycles. The van der Waals surface area contributed by atoms with E-state index < -0.39 is 0 Å². The third-order valence-electron chi connectivity index (χ3n) is 2.10. The van der Waals surface area contributed by atoms with Crippen LogP contribution >= 0.6 is 15.9 Å². The Kier molecular flexibility index (Phi) is 3.79. The maximum Gasteiger partial charge on any atom is 0.223 e. The zero-order valence-corrected chi connectivity index (χ0v) is 8.93. The Morgan fingerprint density at radius 3 is 3.00 bits per heavy atom. The van der Waals surface area contributed by atoms with E-state index in [4.69, 9.17) is 0 Å². The van der Waals surface area contributed by atoms with E-state index in [1.807, 2.05) is 4.90 Å². The summed E-state index contributed by atoms with van der Waals surface area (Å²) in [6.45, 7) is 3.82. The molecule has 0 unspecified atom stereocenters. The smallest absolute Gasteiger partial charge is 0.223 e. The third-order valence-corrected chi connectivity index (χ3v) is 2.49. The van der Waals surface area contributed by atoms with Gasteiger partial charge in [-0.3, -0.25) is 4.79 Å². The van der Waals surface area contributed by atoms with Crippen molar-refractivity contribution in [2.75, 3.05) is 18.4 Å². The van der Waals surface area contributed by atoms with Crippen molar-refractivity contribution in [1.82, 2.24) is 4.90 Å². The van der Waals surface area contributed by atoms with Gasteiger partial charge in [-0.1, -0.05) is 27.6 Å². The van der Waals surface area contributed by atoms with Crippen LogP contribution in [0, 0.1) is 0 Å². The van der Waals surface area contributed by atoms with Crippen molar-refractivity contribution in [2.24, 2.45) is 0 Å². The van der Waals surface area contributed by atoms with Crippen LogP contribution < -0.4 is 0 Å². The molecule has 1 rings (SSSR count). The number of alkyl halides is 1. The molecule has 2 nitrogen and oxygen atoms in total. The zero-order chi connectivity index (χ0) is 8.97. The lowest BCUT2D eigenvalue weighted by atomic mass is 10.1. The third kappa shape index (κ3) is 2.63. The van der Waals surface area contributed by atoms with Crippen LogP contribution in [0.4, 0.5) is 0 Å². The van der Waals surface area contributed by atoms with E-state index in [1.54, 1.807) is 0 Å². The highest BCUT2D eigenvalue weighted by Gasteiger charge is 2.14. The Morgan fingerprint density at radius 2 is 2.50 bits per heavy atom. The zero-order valence-electron chi connectivity index (χ0n) is 7.35. The predicted molar refractivity (Wildman–Crippen MR) is 53.4 cm³/mol. The van der Waals surface area contributed by atoms with Gasteiger partial charge in [-0.15, -0.1) is 0 Å². The molecule has 1 heterocycles. The number of carbonyl (C=O) groups excluding carboxylic acids is 1. The largest absolute Gasteiger partial charge is 0.339 e.